The van der Waals surface area contributed by atoms with Crippen LogP contribution in [0.1, 0.15) is 42.7 Å². The van der Waals surface area contributed by atoms with Crippen molar-refractivity contribution in [1.29, 1.82) is 0 Å². The monoisotopic (exact) mass is 283 g/mol. The van der Waals surface area contributed by atoms with E-state index in [4.69, 9.17) is 9.47 Å². The molecular weight excluding hydrogens is 258 g/mol. The van der Waals surface area contributed by atoms with E-state index >= 15 is 0 Å². The van der Waals surface area contributed by atoms with Crippen LogP contribution in [-0.2, 0) is 23.1 Å². The fourth-order valence-corrected chi connectivity index (χ4v) is 2.09. The maximum atomic E-state index is 11.8. The Morgan fingerprint density at radius 2 is 2.25 bits per heavy atom. The number of aryl methyl sites for hydroxylation is 1. The molecule has 0 amide bonds. The summed E-state index contributed by atoms with van der Waals surface area (Å²) >= 11 is 0. The molecule has 0 aliphatic carbocycles. The van der Waals surface area contributed by atoms with E-state index in [1.54, 1.807) is 24.9 Å². The molecule has 0 radical (unpaired) electrons. The summed E-state index contributed by atoms with van der Waals surface area (Å²) in [6.45, 7) is 5.52. The van der Waals surface area contributed by atoms with E-state index in [0.29, 0.717) is 25.3 Å². The Bertz CT molecular complexity index is 412. The first-order valence-electron chi connectivity index (χ1n) is 7.04. The molecule has 114 valence electrons. The average molecular weight is 283 g/mol. The van der Waals surface area contributed by atoms with Crippen LogP contribution in [0.15, 0.2) is 6.20 Å². The van der Waals surface area contributed by atoms with Crippen molar-refractivity contribution >= 4 is 5.97 Å². The number of nitrogens with one attached hydrogen (secondary N) is 1. The van der Waals surface area contributed by atoms with Gasteiger partial charge >= 0.3 is 5.97 Å². The first-order chi connectivity index (χ1) is 9.63. The van der Waals surface area contributed by atoms with Crippen LogP contribution in [0.25, 0.3) is 0 Å². The van der Waals surface area contributed by atoms with Gasteiger partial charge in [-0.2, -0.15) is 5.10 Å². The zero-order chi connectivity index (χ0) is 15.0. The standard InChI is InChI=1S/C14H25N3O3/c1-5-7-11(10-19-4)15-9-13-12(8-16-17(13)3)14(18)20-6-2/h8,11,15H,5-7,9-10H2,1-4H3. The van der Waals surface area contributed by atoms with Crippen molar-refractivity contribution < 1.29 is 14.3 Å². The first-order valence-corrected chi connectivity index (χ1v) is 7.04. The summed E-state index contributed by atoms with van der Waals surface area (Å²) in [6.07, 6.45) is 3.66. The Morgan fingerprint density at radius 3 is 2.85 bits per heavy atom. The molecule has 0 aromatic carbocycles. The van der Waals surface area contributed by atoms with Gasteiger partial charge in [-0.25, -0.2) is 4.79 Å². The molecule has 6 nitrogen and oxygen atoms in total. The molecular formula is C14H25N3O3. The minimum absolute atomic E-state index is 0.273. The zero-order valence-corrected chi connectivity index (χ0v) is 12.8. The summed E-state index contributed by atoms with van der Waals surface area (Å²) in [5.74, 6) is -0.323. The third kappa shape index (κ3) is 4.61. The Kier molecular flexibility index (Phi) is 7.25. The lowest BCUT2D eigenvalue weighted by Crippen LogP contribution is -2.33. The third-order valence-electron chi connectivity index (χ3n) is 3.12. The van der Waals surface area contributed by atoms with Crippen molar-refractivity contribution in [2.24, 2.45) is 7.05 Å². The Labute approximate surface area is 120 Å². The molecule has 20 heavy (non-hydrogen) atoms. The van der Waals surface area contributed by atoms with Crippen molar-refractivity contribution in [1.82, 2.24) is 15.1 Å². The highest BCUT2D eigenvalue weighted by Gasteiger charge is 2.18. The van der Waals surface area contributed by atoms with E-state index in [-0.39, 0.29) is 12.0 Å². The molecule has 6 heteroatoms. The highest BCUT2D eigenvalue weighted by Crippen LogP contribution is 2.10. The number of carbonyl (C=O) groups excluding carboxylic acids is 1. The summed E-state index contributed by atoms with van der Waals surface area (Å²) in [6, 6.07) is 0.273. The first kappa shape index (κ1) is 16.7. The summed E-state index contributed by atoms with van der Waals surface area (Å²) < 4.78 is 11.9. The van der Waals surface area contributed by atoms with Gasteiger partial charge in [0.05, 0.1) is 25.1 Å². The van der Waals surface area contributed by atoms with Gasteiger partial charge in [0.1, 0.15) is 5.56 Å². The topological polar surface area (TPSA) is 65.4 Å². The molecule has 1 aromatic rings. The van der Waals surface area contributed by atoms with E-state index in [9.17, 15) is 4.79 Å². The highest BCUT2D eigenvalue weighted by atomic mass is 16.5. The molecule has 1 aromatic heterocycles. The van der Waals surface area contributed by atoms with E-state index in [1.807, 2.05) is 7.05 Å². The molecule has 1 heterocycles. The van der Waals surface area contributed by atoms with Crippen molar-refractivity contribution in [2.45, 2.75) is 39.3 Å². The Balaban J connectivity index is 2.70. The minimum atomic E-state index is -0.323. The van der Waals surface area contributed by atoms with Gasteiger partial charge in [0.15, 0.2) is 0 Å². The van der Waals surface area contributed by atoms with Gasteiger partial charge in [-0.15, -0.1) is 0 Å². The fourth-order valence-electron chi connectivity index (χ4n) is 2.09. The maximum absolute atomic E-state index is 11.8. The zero-order valence-electron chi connectivity index (χ0n) is 12.8. The third-order valence-corrected chi connectivity index (χ3v) is 3.12. The quantitative estimate of drug-likeness (QED) is 0.696. The van der Waals surface area contributed by atoms with Gasteiger partial charge < -0.3 is 14.8 Å². The summed E-state index contributed by atoms with van der Waals surface area (Å²) in [5.41, 5.74) is 1.36. The lowest BCUT2D eigenvalue weighted by Gasteiger charge is -2.17. The number of carbonyl (C=O) groups is 1. The number of ether oxygens (including phenoxy) is 2. The second kappa shape index (κ2) is 8.71. The largest absolute Gasteiger partial charge is 0.462 e. The molecule has 0 saturated carbocycles. The van der Waals surface area contributed by atoms with Crippen LogP contribution in [0.3, 0.4) is 0 Å². The van der Waals surface area contributed by atoms with Crippen molar-refractivity contribution in [3.8, 4) is 0 Å². The normalized spacial score (nSPS) is 12.4. The number of rotatable bonds is 9. The number of hydrogen-bond acceptors (Lipinski definition) is 5. The summed E-state index contributed by atoms with van der Waals surface area (Å²) in [7, 11) is 3.52. The van der Waals surface area contributed by atoms with Crippen molar-refractivity contribution in [3.05, 3.63) is 17.5 Å². The summed E-state index contributed by atoms with van der Waals surface area (Å²) in [5, 5.41) is 7.54. The van der Waals surface area contributed by atoms with Crippen molar-refractivity contribution in [2.75, 3.05) is 20.3 Å². The molecule has 0 aliphatic rings. The van der Waals surface area contributed by atoms with Crippen LogP contribution in [0, 0.1) is 0 Å². The molecule has 0 fully saturated rings. The number of aromatic nitrogens is 2. The molecule has 1 rings (SSSR count). The maximum Gasteiger partial charge on any atom is 0.341 e. The van der Waals surface area contributed by atoms with Crippen LogP contribution < -0.4 is 5.32 Å². The number of hydrogen-bond donors (Lipinski definition) is 1. The van der Waals surface area contributed by atoms with Crippen LogP contribution in [-0.4, -0.2) is 42.1 Å². The molecule has 0 spiro atoms. The smallest absolute Gasteiger partial charge is 0.341 e. The van der Waals surface area contributed by atoms with Crippen LogP contribution in [0.2, 0.25) is 0 Å². The van der Waals surface area contributed by atoms with E-state index in [0.717, 1.165) is 18.5 Å². The van der Waals surface area contributed by atoms with Gasteiger partial charge in [-0.05, 0) is 13.3 Å². The van der Waals surface area contributed by atoms with E-state index in [1.165, 1.54) is 0 Å². The number of methoxy groups -OCH3 is 1. The molecule has 0 aliphatic heterocycles. The van der Waals surface area contributed by atoms with Crippen LogP contribution in [0.4, 0.5) is 0 Å². The lowest BCUT2D eigenvalue weighted by molar-refractivity contribution is 0.0524. The van der Waals surface area contributed by atoms with Gasteiger partial charge in [0, 0.05) is 26.7 Å². The second-order valence-electron chi connectivity index (χ2n) is 4.67. The summed E-state index contributed by atoms with van der Waals surface area (Å²) in [4.78, 5) is 11.8. The SMILES string of the molecule is CCCC(COC)NCc1c(C(=O)OCC)cnn1C. The van der Waals surface area contributed by atoms with Gasteiger partial charge in [-0.1, -0.05) is 13.3 Å². The Morgan fingerprint density at radius 1 is 1.50 bits per heavy atom. The van der Waals surface area contributed by atoms with Gasteiger partial charge in [0.25, 0.3) is 0 Å². The minimum Gasteiger partial charge on any atom is -0.462 e. The number of nitrogens with zero attached hydrogens (tertiary/aromatic N) is 2. The van der Waals surface area contributed by atoms with Crippen molar-refractivity contribution in [3.63, 3.8) is 0 Å². The van der Waals surface area contributed by atoms with E-state index < -0.39 is 0 Å². The van der Waals surface area contributed by atoms with Gasteiger partial charge in [0.2, 0.25) is 0 Å². The molecule has 1 N–H and O–H groups in total. The fraction of sp³-hybridized carbons (Fsp3) is 0.714. The van der Waals surface area contributed by atoms with Gasteiger partial charge in [-0.3, -0.25) is 4.68 Å². The lowest BCUT2D eigenvalue weighted by atomic mass is 10.1. The predicted molar refractivity (Wildman–Crippen MR) is 76.6 cm³/mol. The molecule has 0 saturated heterocycles. The molecule has 1 atom stereocenters. The van der Waals surface area contributed by atoms with Crippen LogP contribution in [0.5, 0.6) is 0 Å². The Hall–Kier alpha value is -1.40. The second-order valence-corrected chi connectivity index (χ2v) is 4.67. The van der Waals surface area contributed by atoms with E-state index in [2.05, 4.69) is 17.3 Å². The highest BCUT2D eigenvalue weighted by molar-refractivity contribution is 5.90. The number of esters is 1. The average Bonchev–Trinajstić information content (AvgIpc) is 2.78. The predicted octanol–water partition coefficient (Wildman–Crippen LogP) is 1.50. The molecule has 0 bridgehead atoms. The van der Waals surface area contributed by atoms with Crippen LogP contribution >= 0.6 is 0 Å². The molecule has 1 unspecified atom stereocenters.